The number of methoxy groups -OCH3 is 2. The van der Waals surface area contributed by atoms with Crippen LogP contribution in [0.5, 0.6) is 28.7 Å². The molecule has 0 fully saturated rings. The number of aryl methyl sites for hydroxylation is 2. The molecule has 0 aliphatic heterocycles. The van der Waals surface area contributed by atoms with Crippen molar-refractivity contribution in [1.82, 2.24) is 9.13 Å². The van der Waals surface area contributed by atoms with Gasteiger partial charge in [-0.25, -0.2) is 26.3 Å². The van der Waals surface area contributed by atoms with Crippen LogP contribution in [0, 0.1) is 72.0 Å². The number of nitrogens with zero attached hydrogens (tertiary/aromatic N) is 2. The summed E-state index contributed by atoms with van der Waals surface area (Å²) in [5.41, 5.74) is 4.07. The van der Waals surface area contributed by atoms with Gasteiger partial charge in [0.05, 0.1) is 36.6 Å². The molecule has 1 N–H and O–H groups in total. The van der Waals surface area contributed by atoms with E-state index in [2.05, 4.69) is 24.3 Å². The maximum atomic E-state index is 14.1. The van der Waals surface area contributed by atoms with E-state index < -0.39 is 111 Å². The minimum Gasteiger partial charge on any atom is -0.537 e. The second-order valence-electron chi connectivity index (χ2n) is 17.9. The lowest BCUT2D eigenvalue weighted by atomic mass is 10.0. The molecule has 459 valence electrons. The molecule has 14 nitrogen and oxygen atoms in total. The van der Waals surface area contributed by atoms with Crippen LogP contribution in [0.25, 0.3) is 44.3 Å². The molecular weight excluding hydrogens is 1320 g/mol. The number of halogens is 11. The number of benzene rings is 8. The van der Waals surface area contributed by atoms with Crippen LogP contribution < -0.4 is 33.6 Å². The van der Waals surface area contributed by atoms with Gasteiger partial charge in [0.2, 0.25) is 69.7 Å². The third-order valence-corrected chi connectivity index (χ3v) is 15.3. The van der Waals surface area contributed by atoms with Crippen molar-refractivity contribution in [2.45, 2.75) is 23.6 Å². The molecule has 0 aliphatic rings. The topological polar surface area (TPSA) is 179 Å². The molecule has 0 aliphatic carbocycles. The van der Waals surface area contributed by atoms with Gasteiger partial charge in [-0.2, -0.15) is 54.2 Å². The van der Waals surface area contributed by atoms with Crippen LogP contribution in [0.4, 0.5) is 43.9 Å². The molecule has 0 bridgehead atoms. The van der Waals surface area contributed by atoms with E-state index in [1.165, 1.54) is 47.6 Å². The Hall–Kier alpha value is -8.26. The van der Waals surface area contributed by atoms with E-state index in [0.29, 0.717) is 40.8 Å². The molecule has 88 heavy (non-hydrogen) atoms. The summed E-state index contributed by atoms with van der Waals surface area (Å²) in [5.74, 6) is -26.8. The second kappa shape index (κ2) is 28.3. The summed E-state index contributed by atoms with van der Waals surface area (Å²) in [5, 5.41) is 8.62. The van der Waals surface area contributed by atoms with Crippen molar-refractivity contribution in [2.75, 3.05) is 14.2 Å². The van der Waals surface area contributed by atoms with Gasteiger partial charge in [0.15, 0.2) is 0 Å². The molecule has 10 rings (SSSR count). The molecule has 2 atom stereocenters. The van der Waals surface area contributed by atoms with Crippen molar-refractivity contribution >= 4 is 85.5 Å². The Balaban J connectivity index is 0.000000239. The van der Waals surface area contributed by atoms with Crippen LogP contribution in [0.3, 0.4) is 0 Å². The number of ether oxygens (including phenoxy) is 2. The van der Waals surface area contributed by atoms with Gasteiger partial charge in [-0.3, -0.25) is 18.7 Å². The van der Waals surface area contributed by atoms with Crippen LogP contribution in [0.2, 0.25) is 0 Å². The summed E-state index contributed by atoms with van der Waals surface area (Å²) in [6, 6.07) is 36.5. The number of hydrogen-bond acceptors (Lipinski definition) is 12. The summed E-state index contributed by atoms with van der Waals surface area (Å²) in [4.78, 5) is 24.3. The van der Waals surface area contributed by atoms with E-state index in [4.69, 9.17) is 19.2 Å². The Morgan fingerprint density at radius 2 is 0.852 bits per heavy atom. The molecule has 8 aromatic carbocycles. The fourth-order valence-corrected chi connectivity index (χ4v) is 10.6. The fourth-order valence-electron chi connectivity index (χ4n) is 8.34. The van der Waals surface area contributed by atoms with Gasteiger partial charge in [-0.05, 0) is 122 Å². The monoisotopic (exact) mass is 1370 g/mol. The van der Waals surface area contributed by atoms with Gasteiger partial charge < -0.3 is 27.5 Å². The van der Waals surface area contributed by atoms with Gasteiger partial charge in [-0.1, -0.05) is 64.0 Å². The molecule has 0 saturated carbocycles. The summed E-state index contributed by atoms with van der Waals surface area (Å²) in [6.07, 6.45) is 0. The number of rotatable bonds is 13. The highest BCUT2D eigenvalue weighted by Crippen LogP contribution is 2.36. The highest BCUT2D eigenvalue weighted by Gasteiger charge is 2.33. The van der Waals surface area contributed by atoms with Crippen molar-refractivity contribution in [3.05, 3.63) is 240 Å². The Bertz CT molecular complexity index is 4650. The molecule has 2 unspecified atom stereocenters. The number of pyridine rings is 2. The van der Waals surface area contributed by atoms with Gasteiger partial charge in [0.25, 0.3) is 11.1 Å². The van der Waals surface area contributed by atoms with Crippen molar-refractivity contribution in [1.29, 1.82) is 0 Å². The Morgan fingerprint density at radius 3 is 1.27 bits per heavy atom. The lowest BCUT2D eigenvalue weighted by Crippen LogP contribution is -2.19. The number of hydrogen-bond donors (Lipinski definition) is 1. The lowest BCUT2D eigenvalue weighted by molar-refractivity contribution is 0.346. The quantitative estimate of drug-likeness (QED) is 0.0289. The van der Waals surface area contributed by atoms with Crippen LogP contribution in [0.15, 0.2) is 169 Å². The van der Waals surface area contributed by atoms with E-state index in [0.717, 1.165) is 58.7 Å². The summed E-state index contributed by atoms with van der Waals surface area (Å²) < 4.78 is 215. The van der Waals surface area contributed by atoms with Crippen LogP contribution in [-0.4, -0.2) is 52.9 Å². The normalized spacial score (nSPS) is 11.0. The first-order valence-electron chi connectivity index (χ1n) is 24.2. The van der Waals surface area contributed by atoms with Gasteiger partial charge in [0.1, 0.15) is 27.0 Å². The molecular formula is C58H43BBrF10N2O12P2S2. The van der Waals surface area contributed by atoms with Crippen molar-refractivity contribution in [3.63, 3.8) is 0 Å². The lowest BCUT2D eigenvalue weighted by Gasteiger charge is -2.16. The third-order valence-electron chi connectivity index (χ3n) is 12.4. The Kier molecular flexibility index (Phi) is 22.1. The highest BCUT2D eigenvalue weighted by molar-refractivity contribution is 9.10. The van der Waals surface area contributed by atoms with Crippen LogP contribution in [0.1, 0.15) is 11.1 Å². The minimum absolute atomic E-state index is 0. The second-order valence-corrected chi connectivity index (χ2v) is 21.9. The largest absolute Gasteiger partial charge is 0.569 e. The van der Waals surface area contributed by atoms with Crippen LogP contribution in [-0.2, 0) is 20.2 Å². The van der Waals surface area contributed by atoms with Crippen molar-refractivity contribution in [3.8, 4) is 51.2 Å². The zero-order chi connectivity index (χ0) is 62.7. The smallest absolute Gasteiger partial charge is 0.537 e. The molecule has 0 saturated heterocycles. The van der Waals surface area contributed by atoms with Gasteiger partial charge in [-0.15, -0.1) is 0 Å². The van der Waals surface area contributed by atoms with Gasteiger partial charge in [0, 0.05) is 27.4 Å². The van der Waals surface area contributed by atoms with E-state index in [9.17, 15) is 70.3 Å². The zero-order valence-corrected chi connectivity index (χ0v) is 51.7. The average Bonchev–Trinajstić information content (AvgIpc) is 1.03. The van der Waals surface area contributed by atoms with Crippen molar-refractivity contribution < 1.29 is 88.3 Å². The van der Waals surface area contributed by atoms with Crippen LogP contribution >= 0.6 is 35.7 Å². The predicted octanol–water partition coefficient (Wildman–Crippen LogP) is 12.7. The van der Waals surface area contributed by atoms with Crippen molar-refractivity contribution in [2.24, 2.45) is 0 Å². The maximum Gasteiger partial charge on any atom is 0.569 e. The van der Waals surface area contributed by atoms with Gasteiger partial charge >= 0.3 is 27.9 Å². The predicted molar refractivity (Wildman–Crippen MR) is 320 cm³/mol. The zero-order valence-electron chi connectivity index (χ0n) is 45.7. The molecule has 0 spiro atoms. The van der Waals surface area contributed by atoms with E-state index >= 15 is 0 Å². The molecule has 1 radical (unpaired) electrons. The standard InChI is InChI=1S/C29H18F5NO5S.C22H11BrF5NO5S.C7H8BO2.2H3P/c1-15-4-3-5-16(12-15)17-6-9-21(22(14-17)39-2)35-20-10-8-19(13-18(20)7-11-23(35)36)41(37,38)40-29-27(33)25(31)24(30)26(32)28(29)34;1-33-15-9-11(23)3-5-14(15)29-13-6-4-12(8-10(13)2-7-16(29)30)35(31,32)34-22-20(27)18(25)17(24)19(26)21(22)28;1-6-3-2-4-7(5-6)10-8-9;;/h3-14H,1-2H3;2-9H,1H3;2-5,9H,1H3;2*1H3. The maximum absolute atomic E-state index is 14.1. The molecule has 10 aromatic rings. The summed E-state index contributed by atoms with van der Waals surface area (Å²) in [7, 11) is -6.65. The molecule has 2 aromatic heterocycles. The number of aromatic nitrogens is 2. The van der Waals surface area contributed by atoms with E-state index in [1.54, 1.807) is 42.5 Å². The third kappa shape index (κ3) is 14.3. The van der Waals surface area contributed by atoms with E-state index in [1.807, 2.05) is 56.3 Å². The SMILES string of the molecule is COc1cc(-c2cccc(C)c2)ccc1-n1c(=O)ccc2cc(S(=O)(=O)Oc3c(F)c(F)c(F)c(F)c3F)ccc21.COc1cc(Br)ccc1-n1c(=O)ccc2cc(S(=O)(=O)Oc3c(F)c(F)c(F)c(F)c3F)ccc21.Cc1cccc(O[B]O)c1.P.P. The highest BCUT2D eigenvalue weighted by atomic mass is 79.9. The average molecular weight is 1370 g/mol. The first-order valence-corrected chi connectivity index (χ1v) is 27.8. The first-order chi connectivity index (χ1) is 40.7. The summed E-state index contributed by atoms with van der Waals surface area (Å²) >= 11 is 3.29. The van der Waals surface area contributed by atoms with E-state index in [-0.39, 0.29) is 41.6 Å². The Labute approximate surface area is 509 Å². The minimum atomic E-state index is -5.08. The molecule has 2 heterocycles. The molecule has 30 heteroatoms. The summed E-state index contributed by atoms with van der Waals surface area (Å²) in [6.45, 7) is 3.91. The Morgan fingerprint density at radius 1 is 0.455 bits per heavy atom. The molecule has 0 amide bonds. The number of fused-ring (bicyclic) bond motifs is 2. The first kappa shape index (κ1) is 68.9. The fraction of sp³-hybridized carbons (Fsp3) is 0.0690.